The van der Waals surface area contributed by atoms with Crippen LogP contribution >= 0.6 is 15.9 Å². The van der Waals surface area contributed by atoms with Crippen molar-refractivity contribution in [3.63, 3.8) is 0 Å². The van der Waals surface area contributed by atoms with Gasteiger partial charge in [-0.1, -0.05) is 45.8 Å². The van der Waals surface area contributed by atoms with Crippen molar-refractivity contribution in [2.75, 3.05) is 38.1 Å². The Balaban J connectivity index is 1.84. The maximum Gasteiger partial charge on any atom is 0.0234 e. The molecule has 1 aliphatic rings. The van der Waals surface area contributed by atoms with Crippen LogP contribution < -0.4 is 0 Å². The summed E-state index contributed by atoms with van der Waals surface area (Å²) >= 11 is 3.53. The number of aryl methyl sites for hydroxylation is 1. The van der Waals surface area contributed by atoms with E-state index < -0.39 is 0 Å². The highest BCUT2D eigenvalue weighted by Crippen LogP contribution is 2.10. The third-order valence-corrected chi connectivity index (χ3v) is 3.96. The summed E-state index contributed by atoms with van der Waals surface area (Å²) < 4.78 is 0. The molecule has 1 aliphatic heterocycles. The van der Waals surface area contributed by atoms with Gasteiger partial charge in [0.25, 0.3) is 0 Å². The van der Waals surface area contributed by atoms with E-state index in [1.165, 1.54) is 50.3 Å². The normalized spacial score (nSPS) is 18.8. The highest BCUT2D eigenvalue weighted by Gasteiger charge is 2.14. The van der Waals surface area contributed by atoms with Crippen LogP contribution in [0.4, 0.5) is 0 Å². The molecule has 18 heavy (non-hydrogen) atoms. The molecule has 0 spiro atoms. The van der Waals surface area contributed by atoms with Crippen molar-refractivity contribution in [3.05, 3.63) is 35.4 Å². The number of alkyl halides is 1. The molecule has 1 fully saturated rings. The third kappa shape index (κ3) is 4.38. The average molecular weight is 311 g/mol. The van der Waals surface area contributed by atoms with E-state index in [4.69, 9.17) is 0 Å². The number of halogens is 1. The average Bonchev–Trinajstić information content (AvgIpc) is 2.59. The molecule has 2 nitrogen and oxygen atoms in total. The summed E-state index contributed by atoms with van der Waals surface area (Å²) in [5.41, 5.74) is 2.78. The highest BCUT2D eigenvalue weighted by molar-refractivity contribution is 9.09. The van der Waals surface area contributed by atoms with Crippen molar-refractivity contribution in [1.82, 2.24) is 9.80 Å². The molecule has 0 saturated carbocycles. The largest absolute Gasteiger partial charge is 0.301 e. The molecule has 0 amide bonds. The second kappa shape index (κ2) is 7.27. The minimum Gasteiger partial charge on any atom is -0.301 e. The van der Waals surface area contributed by atoms with Crippen molar-refractivity contribution in [2.45, 2.75) is 19.9 Å². The summed E-state index contributed by atoms with van der Waals surface area (Å²) in [6.07, 6.45) is 1.29. The molecule has 1 heterocycles. The first-order valence-electron chi connectivity index (χ1n) is 6.84. The molecule has 0 bridgehead atoms. The van der Waals surface area contributed by atoms with E-state index in [2.05, 4.69) is 56.9 Å². The number of rotatable bonds is 4. The van der Waals surface area contributed by atoms with Crippen LogP contribution in [-0.4, -0.2) is 47.9 Å². The zero-order valence-corrected chi connectivity index (χ0v) is 12.8. The molecule has 0 radical (unpaired) electrons. The van der Waals surface area contributed by atoms with Crippen LogP contribution in [-0.2, 0) is 6.54 Å². The first-order valence-corrected chi connectivity index (χ1v) is 7.96. The van der Waals surface area contributed by atoms with Gasteiger partial charge in [-0.05, 0) is 32.0 Å². The lowest BCUT2D eigenvalue weighted by molar-refractivity contribution is 0.258. The first-order chi connectivity index (χ1) is 8.78. The fourth-order valence-electron chi connectivity index (χ4n) is 2.48. The Morgan fingerprint density at radius 3 is 2.39 bits per heavy atom. The van der Waals surface area contributed by atoms with Crippen LogP contribution in [0, 0.1) is 6.92 Å². The molecule has 0 unspecified atom stereocenters. The minimum absolute atomic E-state index is 1.09. The molecule has 2 rings (SSSR count). The van der Waals surface area contributed by atoms with E-state index in [1.807, 2.05) is 0 Å². The summed E-state index contributed by atoms with van der Waals surface area (Å²) in [6.45, 7) is 9.30. The van der Waals surface area contributed by atoms with Gasteiger partial charge in [-0.2, -0.15) is 0 Å². The Morgan fingerprint density at radius 1 is 1.00 bits per heavy atom. The highest BCUT2D eigenvalue weighted by atomic mass is 79.9. The van der Waals surface area contributed by atoms with Crippen molar-refractivity contribution in [3.8, 4) is 0 Å². The Kier molecular flexibility index (Phi) is 5.67. The van der Waals surface area contributed by atoms with Crippen LogP contribution in [0.3, 0.4) is 0 Å². The smallest absolute Gasteiger partial charge is 0.0234 e. The first kappa shape index (κ1) is 14.0. The van der Waals surface area contributed by atoms with E-state index in [0.717, 1.165) is 11.9 Å². The van der Waals surface area contributed by atoms with E-state index in [9.17, 15) is 0 Å². The summed E-state index contributed by atoms with van der Waals surface area (Å²) in [5, 5.41) is 1.09. The molecule has 1 saturated heterocycles. The molecule has 1 aromatic carbocycles. The fourth-order valence-corrected chi connectivity index (χ4v) is 2.98. The molecule has 1 aromatic rings. The van der Waals surface area contributed by atoms with Gasteiger partial charge in [-0.25, -0.2) is 0 Å². The third-order valence-electron chi connectivity index (χ3n) is 3.61. The van der Waals surface area contributed by atoms with E-state index in [0.29, 0.717) is 0 Å². The molecule has 100 valence electrons. The number of nitrogens with zero attached hydrogens (tertiary/aromatic N) is 2. The van der Waals surface area contributed by atoms with E-state index in [1.54, 1.807) is 0 Å². The zero-order valence-electron chi connectivity index (χ0n) is 11.2. The van der Waals surface area contributed by atoms with Crippen LogP contribution in [0.5, 0.6) is 0 Å². The molecular weight excluding hydrogens is 288 g/mol. The van der Waals surface area contributed by atoms with Crippen LogP contribution in [0.1, 0.15) is 17.5 Å². The fraction of sp³-hybridized carbons (Fsp3) is 0.600. The van der Waals surface area contributed by atoms with Gasteiger partial charge in [0.05, 0.1) is 0 Å². The van der Waals surface area contributed by atoms with Gasteiger partial charge in [-0.15, -0.1) is 0 Å². The number of hydrogen-bond donors (Lipinski definition) is 0. The van der Waals surface area contributed by atoms with Gasteiger partial charge in [0.2, 0.25) is 0 Å². The lowest BCUT2D eigenvalue weighted by Crippen LogP contribution is -2.31. The van der Waals surface area contributed by atoms with Crippen molar-refractivity contribution in [2.24, 2.45) is 0 Å². The van der Waals surface area contributed by atoms with Gasteiger partial charge in [0.1, 0.15) is 0 Å². The molecule has 0 atom stereocenters. The summed E-state index contributed by atoms with van der Waals surface area (Å²) in [7, 11) is 0. The Hall–Kier alpha value is -0.380. The van der Waals surface area contributed by atoms with E-state index in [-0.39, 0.29) is 0 Å². The molecule has 0 aromatic heterocycles. The van der Waals surface area contributed by atoms with Gasteiger partial charge in [0, 0.05) is 31.5 Å². The van der Waals surface area contributed by atoms with Crippen LogP contribution in [0.15, 0.2) is 24.3 Å². The minimum atomic E-state index is 1.09. The van der Waals surface area contributed by atoms with Gasteiger partial charge in [-0.3, -0.25) is 4.90 Å². The standard InChI is InChI=1S/C15H23BrN2/c1-14-3-5-15(6-4-14)13-18-9-2-8-17(10-7-16)11-12-18/h3-6H,2,7-13H2,1H3. The van der Waals surface area contributed by atoms with Crippen molar-refractivity contribution in [1.29, 1.82) is 0 Å². The predicted molar refractivity (Wildman–Crippen MR) is 81.3 cm³/mol. The van der Waals surface area contributed by atoms with Crippen LogP contribution in [0.2, 0.25) is 0 Å². The Bertz CT molecular complexity index is 350. The second-order valence-corrected chi connectivity index (χ2v) is 5.94. The lowest BCUT2D eigenvalue weighted by atomic mass is 10.1. The SMILES string of the molecule is Cc1ccc(CN2CCCN(CCBr)CC2)cc1. The Labute approximate surface area is 119 Å². The molecule has 0 N–H and O–H groups in total. The predicted octanol–water partition coefficient (Wildman–Crippen LogP) is 2.90. The summed E-state index contributed by atoms with van der Waals surface area (Å²) in [4.78, 5) is 5.14. The second-order valence-electron chi connectivity index (χ2n) is 5.15. The lowest BCUT2D eigenvalue weighted by Gasteiger charge is -2.21. The summed E-state index contributed by atoms with van der Waals surface area (Å²) in [5.74, 6) is 0. The molecule has 3 heteroatoms. The molecular formula is C15H23BrN2. The number of hydrogen-bond acceptors (Lipinski definition) is 2. The summed E-state index contributed by atoms with van der Waals surface area (Å²) in [6, 6.07) is 8.95. The van der Waals surface area contributed by atoms with Crippen LogP contribution in [0.25, 0.3) is 0 Å². The Morgan fingerprint density at radius 2 is 1.67 bits per heavy atom. The monoisotopic (exact) mass is 310 g/mol. The quantitative estimate of drug-likeness (QED) is 0.789. The maximum absolute atomic E-state index is 3.53. The van der Waals surface area contributed by atoms with E-state index >= 15 is 0 Å². The van der Waals surface area contributed by atoms with Gasteiger partial charge >= 0.3 is 0 Å². The maximum atomic E-state index is 3.53. The number of benzene rings is 1. The van der Waals surface area contributed by atoms with Crippen molar-refractivity contribution < 1.29 is 0 Å². The topological polar surface area (TPSA) is 6.48 Å². The zero-order chi connectivity index (χ0) is 12.8. The van der Waals surface area contributed by atoms with Gasteiger partial charge in [0.15, 0.2) is 0 Å². The van der Waals surface area contributed by atoms with Crippen molar-refractivity contribution >= 4 is 15.9 Å². The molecule has 0 aliphatic carbocycles. The van der Waals surface area contributed by atoms with Gasteiger partial charge < -0.3 is 4.90 Å².